The van der Waals surface area contributed by atoms with Crippen LogP contribution in [0.1, 0.15) is 35.2 Å². The average Bonchev–Trinajstić information content (AvgIpc) is 3.44. The molecular formula is C20H21FN2O2. The lowest BCUT2D eigenvalue weighted by Gasteiger charge is -2.16. The second-order valence-corrected chi connectivity index (χ2v) is 6.32. The van der Waals surface area contributed by atoms with Gasteiger partial charge in [-0.05, 0) is 49.1 Å². The van der Waals surface area contributed by atoms with Crippen molar-refractivity contribution in [1.82, 2.24) is 10.6 Å². The minimum atomic E-state index is -0.574. The van der Waals surface area contributed by atoms with Gasteiger partial charge >= 0.3 is 0 Å². The summed E-state index contributed by atoms with van der Waals surface area (Å²) < 4.78 is 13.4. The van der Waals surface area contributed by atoms with Crippen LogP contribution in [-0.2, 0) is 10.2 Å². The maximum atomic E-state index is 13.4. The summed E-state index contributed by atoms with van der Waals surface area (Å²) in [6, 6.07) is 15.3. The molecule has 3 rings (SSSR count). The molecule has 0 aliphatic heterocycles. The van der Waals surface area contributed by atoms with Gasteiger partial charge in [-0.15, -0.1) is 0 Å². The minimum absolute atomic E-state index is 0.0625. The number of hydrogen-bond acceptors (Lipinski definition) is 2. The molecule has 4 nitrogen and oxygen atoms in total. The number of rotatable bonds is 7. The first-order valence-corrected chi connectivity index (χ1v) is 8.49. The Morgan fingerprint density at radius 3 is 2.36 bits per heavy atom. The van der Waals surface area contributed by atoms with Gasteiger partial charge in [0, 0.05) is 18.7 Å². The summed E-state index contributed by atoms with van der Waals surface area (Å²) in [5.41, 5.74) is 0.784. The zero-order valence-electron chi connectivity index (χ0n) is 13.9. The molecule has 2 amide bonds. The van der Waals surface area contributed by atoms with Crippen molar-refractivity contribution in [2.45, 2.75) is 24.7 Å². The SMILES string of the molecule is O=C(NCCCNC(=O)C1(c2cccc(F)c2)CC1)c1ccccc1. The van der Waals surface area contributed by atoms with Crippen LogP contribution >= 0.6 is 0 Å². The summed E-state index contributed by atoms with van der Waals surface area (Å²) in [6.07, 6.45) is 2.13. The van der Waals surface area contributed by atoms with E-state index in [1.54, 1.807) is 24.3 Å². The normalized spacial score (nSPS) is 14.6. The van der Waals surface area contributed by atoms with Crippen LogP contribution in [0.25, 0.3) is 0 Å². The molecule has 0 saturated heterocycles. The minimum Gasteiger partial charge on any atom is -0.355 e. The van der Waals surface area contributed by atoms with Crippen LogP contribution in [0.15, 0.2) is 54.6 Å². The van der Waals surface area contributed by atoms with Crippen LogP contribution in [0.3, 0.4) is 0 Å². The van der Waals surface area contributed by atoms with Gasteiger partial charge in [-0.2, -0.15) is 0 Å². The highest BCUT2D eigenvalue weighted by Crippen LogP contribution is 2.48. The van der Waals surface area contributed by atoms with Gasteiger partial charge in [-0.25, -0.2) is 4.39 Å². The van der Waals surface area contributed by atoms with E-state index in [-0.39, 0.29) is 17.6 Å². The molecule has 1 aliphatic carbocycles. The second-order valence-electron chi connectivity index (χ2n) is 6.32. The number of carbonyl (C=O) groups is 2. The Bertz CT molecular complexity index is 757. The fourth-order valence-corrected chi connectivity index (χ4v) is 2.91. The van der Waals surface area contributed by atoms with Crippen molar-refractivity contribution in [3.8, 4) is 0 Å². The van der Waals surface area contributed by atoms with Crippen LogP contribution in [0.5, 0.6) is 0 Å². The molecule has 2 N–H and O–H groups in total. The number of nitrogens with one attached hydrogen (secondary N) is 2. The molecule has 25 heavy (non-hydrogen) atoms. The third-order valence-corrected chi connectivity index (χ3v) is 4.52. The van der Waals surface area contributed by atoms with Gasteiger partial charge in [-0.3, -0.25) is 9.59 Å². The van der Waals surface area contributed by atoms with Crippen molar-refractivity contribution in [3.05, 3.63) is 71.5 Å². The van der Waals surface area contributed by atoms with Crippen LogP contribution in [0.4, 0.5) is 4.39 Å². The van der Waals surface area contributed by atoms with Gasteiger partial charge in [0.1, 0.15) is 5.82 Å². The maximum Gasteiger partial charge on any atom is 0.251 e. The predicted octanol–water partition coefficient (Wildman–Crippen LogP) is 2.79. The number of benzene rings is 2. The molecule has 2 aromatic rings. The van der Waals surface area contributed by atoms with Gasteiger partial charge in [0.25, 0.3) is 5.91 Å². The molecule has 1 fully saturated rings. The largest absolute Gasteiger partial charge is 0.355 e. The van der Waals surface area contributed by atoms with E-state index in [0.29, 0.717) is 25.1 Å². The zero-order valence-corrected chi connectivity index (χ0v) is 13.9. The number of hydrogen-bond donors (Lipinski definition) is 2. The Balaban J connectivity index is 1.42. The van der Waals surface area contributed by atoms with Gasteiger partial charge in [0.2, 0.25) is 5.91 Å². The van der Waals surface area contributed by atoms with E-state index < -0.39 is 5.41 Å². The first kappa shape index (κ1) is 17.1. The standard InChI is InChI=1S/C20H21FN2O2/c21-17-9-4-8-16(14-17)20(10-11-20)19(25)23-13-5-12-22-18(24)15-6-2-1-3-7-15/h1-4,6-9,14H,5,10-13H2,(H,22,24)(H,23,25). The smallest absolute Gasteiger partial charge is 0.251 e. The Kier molecular flexibility index (Phi) is 5.12. The lowest BCUT2D eigenvalue weighted by atomic mass is 9.95. The summed E-state index contributed by atoms with van der Waals surface area (Å²) in [5, 5.41) is 5.73. The lowest BCUT2D eigenvalue weighted by molar-refractivity contribution is -0.123. The predicted molar refractivity (Wildman–Crippen MR) is 93.7 cm³/mol. The molecule has 5 heteroatoms. The summed E-state index contributed by atoms with van der Waals surface area (Å²) in [6.45, 7) is 0.964. The fraction of sp³-hybridized carbons (Fsp3) is 0.300. The van der Waals surface area contributed by atoms with E-state index in [1.807, 2.05) is 18.2 Å². The Labute approximate surface area is 146 Å². The highest BCUT2D eigenvalue weighted by Gasteiger charge is 2.51. The molecule has 0 unspecified atom stereocenters. The molecule has 2 aromatic carbocycles. The van der Waals surface area contributed by atoms with Crippen LogP contribution in [0.2, 0.25) is 0 Å². The van der Waals surface area contributed by atoms with E-state index in [4.69, 9.17) is 0 Å². The molecule has 0 radical (unpaired) electrons. The topological polar surface area (TPSA) is 58.2 Å². The van der Waals surface area contributed by atoms with Crippen molar-refractivity contribution in [2.75, 3.05) is 13.1 Å². The monoisotopic (exact) mass is 340 g/mol. The molecule has 1 aliphatic rings. The molecule has 0 atom stereocenters. The number of carbonyl (C=O) groups excluding carboxylic acids is 2. The molecule has 0 heterocycles. The van der Waals surface area contributed by atoms with Gasteiger partial charge < -0.3 is 10.6 Å². The van der Waals surface area contributed by atoms with Crippen LogP contribution in [-0.4, -0.2) is 24.9 Å². The maximum absolute atomic E-state index is 13.4. The first-order chi connectivity index (χ1) is 12.1. The highest BCUT2D eigenvalue weighted by atomic mass is 19.1. The first-order valence-electron chi connectivity index (χ1n) is 8.49. The molecule has 0 bridgehead atoms. The molecule has 130 valence electrons. The van der Waals surface area contributed by atoms with Gasteiger partial charge in [-0.1, -0.05) is 30.3 Å². The third kappa shape index (κ3) is 4.05. The Hall–Kier alpha value is -2.69. The molecule has 0 spiro atoms. The van der Waals surface area contributed by atoms with Crippen molar-refractivity contribution >= 4 is 11.8 Å². The number of amides is 2. The average molecular weight is 340 g/mol. The summed E-state index contributed by atoms with van der Waals surface area (Å²) in [4.78, 5) is 24.3. The van der Waals surface area contributed by atoms with Gasteiger partial charge in [0.05, 0.1) is 5.41 Å². The van der Waals surface area contributed by atoms with Gasteiger partial charge in [0.15, 0.2) is 0 Å². The van der Waals surface area contributed by atoms with Crippen LogP contribution < -0.4 is 10.6 Å². The fourth-order valence-electron chi connectivity index (χ4n) is 2.91. The third-order valence-electron chi connectivity index (χ3n) is 4.52. The zero-order chi connectivity index (χ0) is 17.7. The van der Waals surface area contributed by atoms with Crippen molar-refractivity contribution in [1.29, 1.82) is 0 Å². The van der Waals surface area contributed by atoms with Crippen molar-refractivity contribution < 1.29 is 14.0 Å². The van der Waals surface area contributed by atoms with Crippen molar-refractivity contribution in [2.24, 2.45) is 0 Å². The summed E-state index contributed by atoms with van der Waals surface area (Å²) in [5.74, 6) is -0.502. The van der Waals surface area contributed by atoms with E-state index >= 15 is 0 Å². The van der Waals surface area contributed by atoms with E-state index in [2.05, 4.69) is 10.6 Å². The molecule has 1 saturated carbocycles. The van der Waals surface area contributed by atoms with E-state index in [1.165, 1.54) is 12.1 Å². The lowest BCUT2D eigenvalue weighted by Crippen LogP contribution is -2.36. The Morgan fingerprint density at radius 2 is 1.68 bits per heavy atom. The quantitative estimate of drug-likeness (QED) is 0.762. The van der Waals surface area contributed by atoms with E-state index in [9.17, 15) is 14.0 Å². The molecule has 0 aromatic heterocycles. The highest BCUT2D eigenvalue weighted by molar-refractivity contribution is 5.94. The molecular weight excluding hydrogens is 319 g/mol. The van der Waals surface area contributed by atoms with E-state index in [0.717, 1.165) is 18.4 Å². The van der Waals surface area contributed by atoms with Crippen LogP contribution in [0, 0.1) is 5.82 Å². The van der Waals surface area contributed by atoms with Crippen molar-refractivity contribution in [3.63, 3.8) is 0 Å². The summed E-state index contributed by atoms with van der Waals surface area (Å²) in [7, 11) is 0. The Morgan fingerprint density at radius 1 is 0.960 bits per heavy atom. The second kappa shape index (κ2) is 7.47. The number of halogens is 1. The summed E-state index contributed by atoms with van der Waals surface area (Å²) >= 11 is 0.